The number of rotatable bonds is 13. The Bertz CT molecular complexity index is 1450. The van der Waals surface area contributed by atoms with Crippen LogP contribution in [0.25, 0.3) is 0 Å². The lowest BCUT2D eigenvalue weighted by atomic mass is 10.1. The second-order valence-corrected chi connectivity index (χ2v) is 9.36. The molecule has 0 amide bonds. The van der Waals surface area contributed by atoms with E-state index in [0.29, 0.717) is 41.2 Å². The second-order valence-electron chi connectivity index (χ2n) is 8.93. The van der Waals surface area contributed by atoms with Crippen molar-refractivity contribution in [3.05, 3.63) is 122 Å². The average Bonchev–Trinajstić information content (AvgIpc) is 2.96. The fourth-order valence-electron chi connectivity index (χ4n) is 4.09. The molecule has 4 aromatic carbocycles. The van der Waals surface area contributed by atoms with Gasteiger partial charge in [-0.1, -0.05) is 48.0 Å². The molecule has 0 saturated heterocycles. The average molecular weight is 564 g/mol. The van der Waals surface area contributed by atoms with Crippen LogP contribution in [0.5, 0.6) is 23.0 Å². The molecule has 40 heavy (non-hydrogen) atoms. The van der Waals surface area contributed by atoms with Gasteiger partial charge in [0.25, 0.3) is 5.69 Å². The van der Waals surface area contributed by atoms with Crippen LogP contribution < -0.4 is 18.9 Å². The van der Waals surface area contributed by atoms with Crippen molar-refractivity contribution in [2.75, 3.05) is 6.61 Å². The van der Waals surface area contributed by atoms with E-state index in [1.54, 1.807) is 6.07 Å². The van der Waals surface area contributed by atoms with Crippen LogP contribution in [0, 0.1) is 10.1 Å². The maximum absolute atomic E-state index is 11.1. The Balaban J connectivity index is 1.48. The molecule has 0 aliphatic carbocycles. The minimum Gasteiger partial charge on any atom is -0.490 e. The summed E-state index contributed by atoms with van der Waals surface area (Å²) in [6.07, 6.45) is -0.400. The number of ether oxygens (including phenoxy) is 4. The van der Waals surface area contributed by atoms with Gasteiger partial charge in [0.05, 0.1) is 23.7 Å². The zero-order chi connectivity index (χ0) is 28.5. The van der Waals surface area contributed by atoms with Crippen molar-refractivity contribution in [2.45, 2.75) is 39.8 Å². The summed E-state index contributed by atoms with van der Waals surface area (Å²) in [5.74, 6) is 2.17. The molecule has 4 aromatic rings. The first-order valence-electron chi connectivity index (χ1n) is 12.8. The number of nitro benzene ring substituents is 1. The van der Waals surface area contributed by atoms with E-state index in [1.165, 1.54) is 18.2 Å². The van der Waals surface area contributed by atoms with Crippen molar-refractivity contribution in [3.8, 4) is 23.0 Å². The smallest absolute Gasteiger partial charge is 0.275 e. The molecule has 0 heterocycles. The van der Waals surface area contributed by atoms with Crippen molar-refractivity contribution < 1.29 is 29.0 Å². The summed E-state index contributed by atoms with van der Waals surface area (Å²) in [6, 6.07) is 25.1. The van der Waals surface area contributed by atoms with E-state index >= 15 is 0 Å². The van der Waals surface area contributed by atoms with Crippen LogP contribution in [0.2, 0.25) is 5.02 Å². The molecule has 1 atom stereocenters. The zero-order valence-electron chi connectivity index (χ0n) is 22.2. The highest BCUT2D eigenvalue weighted by Gasteiger charge is 2.18. The van der Waals surface area contributed by atoms with E-state index in [1.807, 2.05) is 74.5 Å². The third kappa shape index (κ3) is 7.43. The number of hydrogen-bond acceptors (Lipinski definition) is 7. The Morgan fingerprint density at radius 2 is 1.60 bits per heavy atom. The maximum Gasteiger partial charge on any atom is 0.275 e. The van der Waals surface area contributed by atoms with Crippen molar-refractivity contribution >= 4 is 17.3 Å². The molecule has 0 saturated carbocycles. The number of nitrogens with zero attached hydrogens (tertiary/aromatic N) is 1. The van der Waals surface area contributed by atoms with Crippen molar-refractivity contribution in [1.29, 1.82) is 0 Å². The molecule has 0 bridgehead atoms. The maximum atomic E-state index is 11.1. The van der Waals surface area contributed by atoms with E-state index in [9.17, 15) is 15.2 Å². The van der Waals surface area contributed by atoms with Gasteiger partial charge in [-0.2, -0.15) is 0 Å². The monoisotopic (exact) mass is 563 g/mol. The quantitative estimate of drug-likeness (QED) is 0.133. The van der Waals surface area contributed by atoms with Gasteiger partial charge in [0, 0.05) is 16.7 Å². The third-order valence-corrected chi connectivity index (χ3v) is 6.32. The van der Waals surface area contributed by atoms with Gasteiger partial charge in [-0.25, -0.2) is 0 Å². The largest absolute Gasteiger partial charge is 0.490 e. The summed E-state index contributed by atoms with van der Waals surface area (Å²) < 4.78 is 24.1. The van der Waals surface area contributed by atoms with Gasteiger partial charge in [-0.05, 0) is 67.4 Å². The van der Waals surface area contributed by atoms with Crippen molar-refractivity contribution in [3.63, 3.8) is 0 Å². The van der Waals surface area contributed by atoms with Crippen LogP contribution in [0.4, 0.5) is 5.69 Å². The SMILES string of the molecule is CCOc1cc(COc2ccc([N+](=O)[O-])c(CO)c2)ccc1O[C@@H](C)c1cc(Cl)ccc1OCc1ccccc1. The molecule has 4 rings (SSSR count). The third-order valence-electron chi connectivity index (χ3n) is 6.08. The van der Waals surface area contributed by atoms with Crippen molar-refractivity contribution in [2.24, 2.45) is 0 Å². The lowest BCUT2D eigenvalue weighted by Gasteiger charge is -2.21. The molecule has 0 radical (unpaired) electrons. The van der Waals surface area contributed by atoms with Crippen LogP contribution in [0.15, 0.2) is 84.9 Å². The van der Waals surface area contributed by atoms with Gasteiger partial charge in [0.15, 0.2) is 11.5 Å². The molecule has 0 aromatic heterocycles. The molecule has 9 heteroatoms. The number of benzene rings is 4. The van der Waals surface area contributed by atoms with Crippen LogP contribution in [0.1, 0.15) is 42.2 Å². The number of hydrogen-bond donors (Lipinski definition) is 1. The first-order valence-corrected chi connectivity index (χ1v) is 13.1. The molecule has 1 N–H and O–H groups in total. The van der Waals surface area contributed by atoms with E-state index in [2.05, 4.69) is 0 Å². The van der Waals surface area contributed by atoms with Crippen molar-refractivity contribution in [1.82, 2.24) is 0 Å². The predicted octanol–water partition coefficient (Wildman–Crippen LogP) is 7.44. The topological polar surface area (TPSA) is 100 Å². The van der Waals surface area contributed by atoms with Gasteiger partial charge in [-0.3, -0.25) is 10.1 Å². The van der Waals surface area contributed by atoms with E-state index in [4.69, 9.17) is 30.5 Å². The highest BCUT2D eigenvalue weighted by Crippen LogP contribution is 2.36. The summed E-state index contributed by atoms with van der Waals surface area (Å²) in [4.78, 5) is 10.6. The second kappa shape index (κ2) is 13.7. The lowest BCUT2D eigenvalue weighted by Crippen LogP contribution is -2.08. The molecular weight excluding hydrogens is 534 g/mol. The number of aliphatic hydroxyl groups excluding tert-OH is 1. The highest BCUT2D eigenvalue weighted by atomic mass is 35.5. The van der Waals surface area contributed by atoms with Crippen LogP contribution >= 0.6 is 11.6 Å². The number of nitro groups is 1. The van der Waals surface area contributed by atoms with Crippen LogP contribution in [-0.2, 0) is 19.8 Å². The molecule has 208 valence electrons. The standard InChI is InChI=1S/C31H30ClNO7/c1-3-37-31-15-23(20-38-26-11-12-28(33(35)36)24(16-26)18-34)9-13-30(31)40-21(2)27-17-25(32)10-14-29(27)39-19-22-7-5-4-6-8-22/h4-17,21,34H,3,18-20H2,1-2H3/t21-/m0/s1. The highest BCUT2D eigenvalue weighted by molar-refractivity contribution is 6.30. The van der Waals surface area contributed by atoms with Gasteiger partial charge in [0.1, 0.15) is 30.8 Å². The Morgan fingerprint density at radius 3 is 2.33 bits per heavy atom. The Morgan fingerprint density at radius 1 is 0.850 bits per heavy atom. The Kier molecular flexibility index (Phi) is 9.83. The normalized spacial score (nSPS) is 11.5. The summed E-state index contributed by atoms with van der Waals surface area (Å²) in [5, 5.41) is 21.2. The van der Waals surface area contributed by atoms with Gasteiger partial charge in [0.2, 0.25) is 0 Å². The summed E-state index contributed by atoms with van der Waals surface area (Å²) >= 11 is 6.31. The summed E-state index contributed by atoms with van der Waals surface area (Å²) in [7, 11) is 0. The van der Waals surface area contributed by atoms with Gasteiger partial charge < -0.3 is 24.1 Å². The molecule has 0 aliphatic rings. The molecular formula is C31H30ClNO7. The first kappa shape index (κ1) is 28.7. The van der Waals surface area contributed by atoms with E-state index in [0.717, 1.165) is 16.7 Å². The molecule has 0 fully saturated rings. The number of aliphatic hydroxyl groups is 1. The lowest BCUT2D eigenvalue weighted by molar-refractivity contribution is -0.385. The fourth-order valence-corrected chi connectivity index (χ4v) is 4.27. The molecule has 0 unspecified atom stereocenters. The van der Waals surface area contributed by atoms with E-state index < -0.39 is 17.6 Å². The molecule has 8 nitrogen and oxygen atoms in total. The van der Waals surface area contributed by atoms with Gasteiger partial charge >= 0.3 is 0 Å². The zero-order valence-corrected chi connectivity index (χ0v) is 23.0. The summed E-state index contributed by atoms with van der Waals surface area (Å²) in [6.45, 7) is 4.37. The minimum atomic E-state index is -0.537. The minimum absolute atomic E-state index is 0.155. The molecule has 0 spiro atoms. The van der Waals surface area contributed by atoms with Crippen LogP contribution in [-0.4, -0.2) is 16.6 Å². The van der Waals surface area contributed by atoms with E-state index in [-0.39, 0.29) is 17.9 Å². The Hall–Kier alpha value is -4.27. The first-order chi connectivity index (χ1) is 19.4. The van der Waals surface area contributed by atoms with Crippen LogP contribution in [0.3, 0.4) is 0 Å². The number of halogens is 1. The summed E-state index contributed by atoms with van der Waals surface area (Å²) in [5.41, 5.74) is 2.69. The van der Waals surface area contributed by atoms with Gasteiger partial charge in [-0.15, -0.1) is 0 Å². The Labute approximate surface area is 237 Å². The fraction of sp³-hybridized carbons (Fsp3) is 0.226. The predicted molar refractivity (Wildman–Crippen MR) is 152 cm³/mol. The molecule has 0 aliphatic heterocycles.